The first-order valence-electron chi connectivity index (χ1n) is 12.2. The van der Waals surface area contributed by atoms with Gasteiger partial charge in [-0.3, -0.25) is 14.7 Å². The molecule has 2 rings (SSSR count). The second-order valence-corrected chi connectivity index (χ2v) is 10.3. The molecule has 0 atom stereocenters. The van der Waals surface area contributed by atoms with Crippen LogP contribution in [0.1, 0.15) is 56.9 Å². The first-order valence-corrected chi connectivity index (χ1v) is 13.8. The van der Waals surface area contributed by atoms with Gasteiger partial charge in [0.25, 0.3) is 0 Å². The molecule has 186 valence electrons. The number of pyridine rings is 1. The van der Waals surface area contributed by atoms with Crippen molar-refractivity contribution in [2.24, 2.45) is 0 Å². The summed E-state index contributed by atoms with van der Waals surface area (Å²) in [4.78, 5) is 18.1. The predicted octanol–water partition coefficient (Wildman–Crippen LogP) is 2.58. The fraction of sp³-hybridized carbons (Fsp3) is 0.667. The molecule has 0 unspecified atom stereocenters. The van der Waals surface area contributed by atoms with E-state index in [2.05, 4.69) is 19.9 Å². The normalized spacial score (nSPS) is 15.2. The molecule has 1 fully saturated rings. The lowest BCUT2D eigenvalue weighted by molar-refractivity contribution is -0.116. The maximum atomic E-state index is 12.1. The Kier molecular flexibility index (Phi) is 13.9. The maximum absolute atomic E-state index is 12.1. The van der Waals surface area contributed by atoms with E-state index in [0.717, 1.165) is 83.4 Å². The molecule has 1 saturated heterocycles. The molecule has 0 radical (unpaired) electrons. The number of nitrogens with one attached hydrogen (secondary N) is 2. The van der Waals surface area contributed by atoms with Gasteiger partial charge in [0.05, 0.1) is 19.0 Å². The highest BCUT2D eigenvalue weighted by molar-refractivity contribution is 7.89. The van der Waals surface area contributed by atoms with Gasteiger partial charge >= 0.3 is 0 Å². The molecule has 1 aliphatic heterocycles. The van der Waals surface area contributed by atoms with Crippen molar-refractivity contribution in [3.63, 3.8) is 0 Å². The standard InChI is InChI=1S/C24H40N4O4S/c29-24(12-11-23-10-9-13-25-22-23)26-14-5-3-1-2-4-6-15-27-33(30,31)21-8-7-16-28-17-19-32-20-18-28/h9-13,22,27H,1-8,14-21H2,(H,26,29)/b12-11-. The minimum Gasteiger partial charge on any atom is -0.379 e. The van der Waals surface area contributed by atoms with Gasteiger partial charge in [0.15, 0.2) is 0 Å². The van der Waals surface area contributed by atoms with Gasteiger partial charge in [0.1, 0.15) is 0 Å². The van der Waals surface area contributed by atoms with Crippen LogP contribution in [-0.2, 0) is 19.6 Å². The summed E-state index contributed by atoms with van der Waals surface area (Å²) in [6.45, 7) is 5.59. The van der Waals surface area contributed by atoms with E-state index in [1.165, 1.54) is 6.08 Å². The molecule has 1 aromatic rings. The zero-order chi connectivity index (χ0) is 23.6. The molecule has 2 heterocycles. The Labute approximate surface area is 199 Å². The molecule has 0 spiro atoms. The SMILES string of the molecule is O=C(/C=C\c1cccnc1)NCCCCCCCCNS(=O)(=O)CCCCN1CCOCC1. The van der Waals surface area contributed by atoms with Crippen LogP contribution >= 0.6 is 0 Å². The molecule has 0 aliphatic carbocycles. The first-order chi connectivity index (χ1) is 16.1. The molecule has 2 N–H and O–H groups in total. The lowest BCUT2D eigenvalue weighted by Crippen LogP contribution is -2.37. The van der Waals surface area contributed by atoms with Crippen LogP contribution in [0.25, 0.3) is 6.08 Å². The van der Waals surface area contributed by atoms with Crippen molar-refractivity contribution in [2.75, 3.05) is 51.7 Å². The Balaban J connectivity index is 1.37. The fourth-order valence-electron chi connectivity index (χ4n) is 3.63. The zero-order valence-corrected chi connectivity index (χ0v) is 20.5. The van der Waals surface area contributed by atoms with Gasteiger partial charge in [0, 0.05) is 44.6 Å². The Morgan fingerprint density at radius 2 is 1.76 bits per heavy atom. The van der Waals surface area contributed by atoms with Gasteiger partial charge in [-0.1, -0.05) is 31.7 Å². The number of hydrogen-bond acceptors (Lipinski definition) is 6. The van der Waals surface area contributed by atoms with Gasteiger partial charge in [-0.05, 0) is 49.9 Å². The average molecular weight is 481 g/mol. The summed E-state index contributed by atoms with van der Waals surface area (Å²) in [5.41, 5.74) is 0.902. The summed E-state index contributed by atoms with van der Waals surface area (Å²) in [7, 11) is -3.16. The number of rotatable bonds is 17. The molecule has 0 aromatic carbocycles. The predicted molar refractivity (Wildman–Crippen MR) is 132 cm³/mol. The second-order valence-electron chi connectivity index (χ2n) is 8.41. The van der Waals surface area contributed by atoms with E-state index < -0.39 is 10.0 Å². The Morgan fingerprint density at radius 3 is 2.48 bits per heavy atom. The number of carbonyl (C=O) groups excluding carboxylic acids is 1. The number of hydrogen-bond donors (Lipinski definition) is 2. The fourth-order valence-corrected chi connectivity index (χ4v) is 4.81. The Morgan fingerprint density at radius 1 is 1.03 bits per heavy atom. The van der Waals surface area contributed by atoms with E-state index in [-0.39, 0.29) is 11.7 Å². The minimum atomic E-state index is -3.16. The van der Waals surface area contributed by atoms with Gasteiger partial charge in [-0.2, -0.15) is 0 Å². The second kappa shape index (κ2) is 16.7. The molecule has 1 amide bonds. The van der Waals surface area contributed by atoms with E-state index in [0.29, 0.717) is 19.5 Å². The van der Waals surface area contributed by atoms with Crippen molar-refractivity contribution < 1.29 is 17.9 Å². The van der Waals surface area contributed by atoms with Crippen LogP contribution in [0, 0.1) is 0 Å². The molecule has 33 heavy (non-hydrogen) atoms. The summed E-state index contributed by atoms with van der Waals surface area (Å²) in [5, 5.41) is 2.89. The summed E-state index contributed by atoms with van der Waals surface area (Å²) in [6.07, 6.45) is 14.3. The summed E-state index contributed by atoms with van der Waals surface area (Å²) < 4.78 is 32.2. The Bertz CT molecular complexity index is 781. The van der Waals surface area contributed by atoms with Crippen molar-refractivity contribution in [1.29, 1.82) is 0 Å². The molecular formula is C24H40N4O4S. The van der Waals surface area contributed by atoms with Crippen molar-refractivity contribution >= 4 is 22.0 Å². The van der Waals surface area contributed by atoms with Crippen molar-refractivity contribution in [3.05, 3.63) is 36.2 Å². The van der Waals surface area contributed by atoms with E-state index in [4.69, 9.17) is 4.74 Å². The number of ether oxygens (including phenoxy) is 1. The number of aromatic nitrogens is 1. The van der Waals surface area contributed by atoms with Crippen molar-refractivity contribution in [3.8, 4) is 0 Å². The van der Waals surface area contributed by atoms with Gasteiger partial charge < -0.3 is 10.1 Å². The monoisotopic (exact) mass is 480 g/mol. The smallest absolute Gasteiger partial charge is 0.243 e. The van der Waals surface area contributed by atoms with Crippen molar-refractivity contribution in [1.82, 2.24) is 19.9 Å². The third-order valence-corrected chi connectivity index (χ3v) is 7.05. The zero-order valence-electron chi connectivity index (χ0n) is 19.7. The topological polar surface area (TPSA) is 101 Å². The number of amides is 1. The molecule has 1 aliphatic rings. The minimum absolute atomic E-state index is 0.0905. The Hall–Kier alpha value is -1.81. The van der Waals surface area contributed by atoms with Crippen LogP contribution in [0.4, 0.5) is 0 Å². The molecule has 0 saturated carbocycles. The van der Waals surface area contributed by atoms with Crippen LogP contribution in [0.3, 0.4) is 0 Å². The molecule has 0 bridgehead atoms. The lowest BCUT2D eigenvalue weighted by atomic mass is 10.1. The highest BCUT2D eigenvalue weighted by Crippen LogP contribution is 2.06. The largest absolute Gasteiger partial charge is 0.379 e. The summed E-state index contributed by atoms with van der Waals surface area (Å²) >= 11 is 0. The summed E-state index contributed by atoms with van der Waals surface area (Å²) in [5.74, 6) is 0.118. The van der Waals surface area contributed by atoms with Crippen LogP contribution in [-0.4, -0.2) is 75.9 Å². The third kappa shape index (κ3) is 14.1. The summed E-state index contributed by atoms with van der Waals surface area (Å²) in [6, 6.07) is 3.73. The average Bonchev–Trinajstić information content (AvgIpc) is 2.83. The maximum Gasteiger partial charge on any atom is 0.243 e. The lowest BCUT2D eigenvalue weighted by Gasteiger charge is -2.26. The quantitative estimate of drug-likeness (QED) is 0.263. The van der Waals surface area contributed by atoms with Crippen LogP contribution in [0.5, 0.6) is 0 Å². The van der Waals surface area contributed by atoms with Gasteiger partial charge in [-0.25, -0.2) is 13.1 Å². The molecular weight excluding hydrogens is 440 g/mol. The number of nitrogens with zero attached hydrogens (tertiary/aromatic N) is 2. The van der Waals surface area contributed by atoms with E-state index >= 15 is 0 Å². The van der Waals surface area contributed by atoms with Crippen molar-refractivity contribution in [2.45, 2.75) is 51.4 Å². The highest BCUT2D eigenvalue weighted by atomic mass is 32.2. The van der Waals surface area contributed by atoms with Crippen LogP contribution in [0.15, 0.2) is 30.6 Å². The van der Waals surface area contributed by atoms with Crippen LogP contribution < -0.4 is 10.0 Å². The van der Waals surface area contributed by atoms with Crippen LogP contribution in [0.2, 0.25) is 0 Å². The highest BCUT2D eigenvalue weighted by Gasteiger charge is 2.12. The van der Waals surface area contributed by atoms with Gasteiger partial charge in [-0.15, -0.1) is 0 Å². The number of unbranched alkanes of at least 4 members (excludes halogenated alkanes) is 6. The van der Waals surface area contributed by atoms with E-state index in [1.54, 1.807) is 18.5 Å². The van der Waals surface area contributed by atoms with Gasteiger partial charge in [0.2, 0.25) is 15.9 Å². The third-order valence-electron chi connectivity index (χ3n) is 5.58. The molecule has 1 aromatic heterocycles. The number of carbonyl (C=O) groups is 1. The number of morpholine rings is 1. The van der Waals surface area contributed by atoms with E-state index in [9.17, 15) is 13.2 Å². The number of sulfonamides is 1. The first kappa shape index (κ1) is 27.4. The van der Waals surface area contributed by atoms with E-state index in [1.807, 2.05) is 12.1 Å². The molecule has 9 heteroatoms. The molecule has 8 nitrogen and oxygen atoms in total.